The standard InChI is InChI=1S/C48H34N2O2/c1-30-29-40(33-15-6-3-7-16-33)49-48(50-46(30)34-27-25-32(26-28-34)31-13-4-2-5-14-31)39-21-12-24-43-45(39)38-20-10-19-36(47(38)52-43)35-18-11-23-42-44(35)37-17-8-9-22-41(37)51-42/h2-28,30,46H,29H2,1H3. The van der Waals surface area contributed by atoms with Gasteiger partial charge in [-0.3, -0.25) is 4.99 Å². The fourth-order valence-electron chi connectivity index (χ4n) is 7.97. The second kappa shape index (κ2) is 12.4. The van der Waals surface area contributed by atoms with Crippen LogP contribution in [0.15, 0.2) is 183 Å². The summed E-state index contributed by atoms with van der Waals surface area (Å²) < 4.78 is 13.1. The van der Waals surface area contributed by atoms with E-state index in [2.05, 4.69) is 153 Å². The Bertz CT molecular complexity index is 2820. The molecule has 0 amide bonds. The van der Waals surface area contributed by atoms with E-state index in [0.717, 1.165) is 84.1 Å². The van der Waals surface area contributed by atoms with E-state index in [1.807, 2.05) is 18.2 Å². The van der Waals surface area contributed by atoms with Crippen LogP contribution < -0.4 is 0 Å². The van der Waals surface area contributed by atoms with Crippen molar-refractivity contribution in [2.24, 2.45) is 15.9 Å². The molecule has 3 heterocycles. The molecular weight excluding hydrogens is 637 g/mol. The van der Waals surface area contributed by atoms with E-state index >= 15 is 0 Å². The lowest BCUT2D eigenvalue weighted by Gasteiger charge is -2.20. The molecule has 52 heavy (non-hydrogen) atoms. The van der Waals surface area contributed by atoms with Crippen LogP contribution in [0, 0.1) is 5.92 Å². The van der Waals surface area contributed by atoms with Crippen molar-refractivity contribution in [1.29, 1.82) is 0 Å². The van der Waals surface area contributed by atoms with Crippen LogP contribution in [0.25, 0.3) is 66.1 Å². The summed E-state index contributed by atoms with van der Waals surface area (Å²) in [6, 6.07) is 57.0. The van der Waals surface area contributed by atoms with Crippen LogP contribution >= 0.6 is 0 Å². The molecule has 2 unspecified atom stereocenters. The van der Waals surface area contributed by atoms with Gasteiger partial charge in [-0.1, -0.05) is 153 Å². The van der Waals surface area contributed by atoms with Crippen molar-refractivity contribution >= 4 is 55.4 Å². The Balaban J connectivity index is 1.16. The van der Waals surface area contributed by atoms with Gasteiger partial charge in [0.2, 0.25) is 0 Å². The van der Waals surface area contributed by atoms with Crippen LogP contribution in [-0.2, 0) is 0 Å². The zero-order valence-electron chi connectivity index (χ0n) is 28.7. The number of aliphatic imine (C=N–C) groups is 2. The first-order valence-corrected chi connectivity index (χ1v) is 17.9. The van der Waals surface area contributed by atoms with Crippen molar-refractivity contribution in [3.8, 4) is 22.3 Å². The Kier molecular flexibility index (Phi) is 7.21. The number of furan rings is 2. The summed E-state index contributed by atoms with van der Waals surface area (Å²) in [5.41, 5.74) is 12.2. The van der Waals surface area contributed by atoms with Gasteiger partial charge >= 0.3 is 0 Å². The van der Waals surface area contributed by atoms with E-state index in [-0.39, 0.29) is 12.0 Å². The van der Waals surface area contributed by atoms with Crippen LogP contribution in [0.5, 0.6) is 0 Å². The number of hydrogen-bond donors (Lipinski definition) is 0. The van der Waals surface area contributed by atoms with Gasteiger partial charge in [0, 0.05) is 32.7 Å². The molecule has 248 valence electrons. The highest BCUT2D eigenvalue weighted by atomic mass is 16.3. The Labute approximate surface area is 301 Å². The topological polar surface area (TPSA) is 51.0 Å². The van der Waals surface area contributed by atoms with Crippen molar-refractivity contribution in [3.05, 3.63) is 180 Å². The summed E-state index contributed by atoms with van der Waals surface area (Å²) in [7, 11) is 0. The molecule has 0 radical (unpaired) electrons. The number of rotatable bonds is 5. The molecule has 0 fully saturated rings. The predicted octanol–water partition coefficient (Wildman–Crippen LogP) is 12.8. The van der Waals surface area contributed by atoms with E-state index < -0.39 is 0 Å². The van der Waals surface area contributed by atoms with Gasteiger partial charge < -0.3 is 8.83 Å². The number of fused-ring (bicyclic) bond motifs is 6. The van der Waals surface area contributed by atoms with Gasteiger partial charge in [-0.05, 0) is 58.4 Å². The molecule has 0 N–H and O–H groups in total. The first-order valence-electron chi connectivity index (χ1n) is 17.9. The van der Waals surface area contributed by atoms with E-state index in [1.165, 1.54) is 16.7 Å². The third kappa shape index (κ3) is 5.06. The molecule has 1 aliphatic rings. The molecule has 0 bridgehead atoms. The SMILES string of the molecule is CC1CC(c2ccccc2)=NC(c2cccc3oc4c(-c5cccc6oc7ccccc7c56)cccc4c23)=NC1c1ccc(-c2ccccc2)cc1. The minimum atomic E-state index is -0.0826. The Morgan fingerprint density at radius 1 is 0.481 bits per heavy atom. The van der Waals surface area contributed by atoms with Gasteiger partial charge in [0.1, 0.15) is 22.3 Å². The smallest absolute Gasteiger partial charge is 0.156 e. The van der Waals surface area contributed by atoms with Crippen molar-refractivity contribution in [3.63, 3.8) is 0 Å². The quantitative estimate of drug-likeness (QED) is 0.183. The molecule has 9 aromatic rings. The molecule has 0 saturated heterocycles. The molecule has 2 aromatic heterocycles. The Morgan fingerprint density at radius 3 is 1.85 bits per heavy atom. The van der Waals surface area contributed by atoms with Crippen molar-refractivity contribution < 1.29 is 8.83 Å². The molecular formula is C48H34N2O2. The normalized spacial score (nSPS) is 16.3. The average molecular weight is 671 g/mol. The van der Waals surface area contributed by atoms with Gasteiger partial charge in [0.15, 0.2) is 5.84 Å². The Morgan fingerprint density at radius 2 is 1.06 bits per heavy atom. The molecule has 4 heteroatoms. The average Bonchev–Trinajstić information content (AvgIpc) is 3.73. The van der Waals surface area contributed by atoms with E-state index in [1.54, 1.807) is 0 Å². The molecule has 7 aromatic carbocycles. The first kappa shape index (κ1) is 30.3. The number of amidine groups is 1. The maximum Gasteiger partial charge on any atom is 0.156 e. The molecule has 10 rings (SSSR count). The lowest BCUT2D eigenvalue weighted by atomic mass is 9.88. The second-order valence-corrected chi connectivity index (χ2v) is 13.7. The summed E-state index contributed by atoms with van der Waals surface area (Å²) >= 11 is 0. The molecule has 0 spiro atoms. The van der Waals surface area contributed by atoms with Gasteiger partial charge in [0.25, 0.3) is 0 Å². The second-order valence-electron chi connectivity index (χ2n) is 13.7. The summed E-state index contributed by atoms with van der Waals surface area (Å²) in [6.07, 6.45) is 0.803. The summed E-state index contributed by atoms with van der Waals surface area (Å²) in [6.45, 7) is 2.29. The van der Waals surface area contributed by atoms with Gasteiger partial charge in [-0.15, -0.1) is 0 Å². The summed E-state index contributed by atoms with van der Waals surface area (Å²) in [5.74, 6) is 0.943. The molecule has 1 aliphatic heterocycles. The van der Waals surface area contributed by atoms with Crippen LogP contribution in [0.1, 0.15) is 36.1 Å². The van der Waals surface area contributed by atoms with E-state index in [9.17, 15) is 0 Å². The van der Waals surface area contributed by atoms with E-state index in [4.69, 9.17) is 18.8 Å². The highest BCUT2D eigenvalue weighted by molar-refractivity contribution is 6.24. The maximum absolute atomic E-state index is 6.80. The minimum Gasteiger partial charge on any atom is -0.456 e. The van der Waals surface area contributed by atoms with Gasteiger partial charge in [0.05, 0.1) is 11.8 Å². The largest absolute Gasteiger partial charge is 0.456 e. The number of hydrogen-bond acceptors (Lipinski definition) is 4. The highest BCUT2D eigenvalue weighted by Crippen LogP contribution is 2.43. The van der Waals surface area contributed by atoms with Crippen LogP contribution in [0.4, 0.5) is 0 Å². The van der Waals surface area contributed by atoms with Gasteiger partial charge in [-0.25, -0.2) is 4.99 Å². The predicted molar refractivity (Wildman–Crippen MR) is 214 cm³/mol. The van der Waals surface area contributed by atoms with Crippen LogP contribution in [0.3, 0.4) is 0 Å². The van der Waals surface area contributed by atoms with Crippen molar-refractivity contribution in [1.82, 2.24) is 0 Å². The van der Waals surface area contributed by atoms with Crippen molar-refractivity contribution in [2.45, 2.75) is 19.4 Å². The number of benzene rings is 7. The van der Waals surface area contributed by atoms with Crippen LogP contribution in [0.2, 0.25) is 0 Å². The summed E-state index contributed by atoms with van der Waals surface area (Å²) in [5, 5.41) is 4.24. The Hall–Kier alpha value is -6.52. The number of para-hydroxylation sites is 2. The third-order valence-corrected chi connectivity index (χ3v) is 10.5. The maximum atomic E-state index is 6.80. The van der Waals surface area contributed by atoms with E-state index in [0.29, 0.717) is 0 Å². The fourth-order valence-corrected chi connectivity index (χ4v) is 7.97. The summed E-state index contributed by atoms with van der Waals surface area (Å²) in [4.78, 5) is 10.9. The third-order valence-electron chi connectivity index (χ3n) is 10.5. The first-order chi connectivity index (χ1) is 25.7. The minimum absolute atomic E-state index is 0.0826. The zero-order chi connectivity index (χ0) is 34.6. The molecule has 0 aliphatic carbocycles. The lowest BCUT2D eigenvalue weighted by molar-refractivity contribution is 0.493. The molecule has 0 saturated carbocycles. The zero-order valence-corrected chi connectivity index (χ0v) is 28.7. The van der Waals surface area contributed by atoms with Gasteiger partial charge in [-0.2, -0.15) is 0 Å². The lowest BCUT2D eigenvalue weighted by Crippen LogP contribution is -2.12. The van der Waals surface area contributed by atoms with Crippen molar-refractivity contribution in [2.75, 3.05) is 0 Å². The van der Waals surface area contributed by atoms with Crippen LogP contribution in [-0.4, -0.2) is 11.5 Å². The monoisotopic (exact) mass is 670 g/mol. The molecule has 2 atom stereocenters. The number of nitrogens with zero attached hydrogens (tertiary/aromatic N) is 2. The molecule has 4 nitrogen and oxygen atoms in total. The fraction of sp³-hybridized carbons (Fsp3) is 0.0833. The highest BCUT2D eigenvalue weighted by Gasteiger charge is 2.27.